The molecule has 4 rings (SSSR count). The molecule has 170 valence electrons. The summed E-state index contributed by atoms with van der Waals surface area (Å²) in [6, 6.07) is 13.5. The summed E-state index contributed by atoms with van der Waals surface area (Å²) in [5.41, 5.74) is 5.18. The van der Waals surface area contributed by atoms with E-state index in [1.807, 2.05) is 4.57 Å². The predicted molar refractivity (Wildman–Crippen MR) is 140 cm³/mol. The van der Waals surface area contributed by atoms with Gasteiger partial charge in [0.25, 0.3) is 0 Å². The SMILES string of the molecule is CCn1c(SCC(=O)Nc2cc(Cl)cc(Cl)c2)nnc1-c1csc(C)c1-c1ccc(C)cc1. The van der Waals surface area contributed by atoms with E-state index in [0.29, 0.717) is 27.4 Å². The molecule has 0 unspecified atom stereocenters. The summed E-state index contributed by atoms with van der Waals surface area (Å²) in [6.07, 6.45) is 0. The molecule has 0 radical (unpaired) electrons. The maximum Gasteiger partial charge on any atom is 0.234 e. The third-order valence-corrected chi connectivity index (χ3v) is 7.38. The maximum absolute atomic E-state index is 12.5. The molecule has 9 heteroatoms. The van der Waals surface area contributed by atoms with Crippen LogP contribution in [0.1, 0.15) is 17.4 Å². The molecule has 0 aliphatic rings. The molecular formula is C24H22Cl2N4OS2. The van der Waals surface area contributed by atoms with Crippen molar-refractivity contribution in [2.45, 2.75) is 32.5 Å². The van der Waals surface area contributed by atoms with Crippen LogP contribution in [-0.2, 0) is 11.3 Å². The van der Waals surface area contributed by atoms with E-state index in [-0.39, 0.29) is 11.7 Å². The van der Waals surface area contributed by atoms with Crippen molar-refractivity contribution in [1.29, 1.82) is 0 Å². The fourth-order valence-corrected chi connectivity index (χ4v) is 5.72. The van der Waals surface area contributed by atoms with Crippen LogP contribution < -0.4 is 5.32 Å². The number of carbonyl (C=O) groups is 1. The van der Waals surface area contributed by atoms with Crippen LogP contribution in [0.4, 0.5) is 5.69 Å². The topological polar surface area (TPSA) is 59.8 Å². The summed E-state index contributed by atoms with van der Waals surface area (Å²) in [5.74, 6) is 0.828. The Morgan fingerprint density at radius 2 is 1.79 bits per heavy atom. The molecule has 0 aliphatic heterocycles. The van der Waals surface area contributed by atoms with Gasteiger partial charge in [0.05, 0.1) is 5.75 Å². The first-order chi connectivity index (χ1) is 15.9. The molecule has 0 fully saturated rings. The smallest absolute Gasteiger partial charge is 0.234 e. The molecule has 0 atom stereocenters. The Labute approximate surface area is 211 Å². The number of carbonyl (C=O) groups excluding carboxylic acids is 1. The van der Waals surface area contributed by atoms with Crippen molar-refractivity contribution >= 4 is 57.9 Å². The third-order valence-electron chi connectivity index (χ3n) is 5.07. The molecule has 2 aromatic heterocycles. The molecule has 1 N–H and O–H groups in total. The van der Waals surface area contributed by atoms with Gasteiger partial charge in [-0.05, 0) is 44.5 Å². The van der Waals surface area contributed by atoms with Gasteiger partial charge in [0.15, 0.2) is 11.0 Å². The number of aryl methyl sites for hydroxylation is 2. The van der Waals surface area contributed by atoms with E-state index in [2.05, 4.69) is 65.9 Å². The molecular weight excluding hydrogens is 495 g/mol. The van der Waals surface area contributed by atoms with Crippen molar-refractivity contribution in [1.82, 2.24) is 14.8 Å². The lowest BCUT2D eigenvalue weighted by Crippen LogP contribution is -2.14. The van der Waals surface area contributed by atoms with E-state index in [0.717, 1.165) is 17.0 Å². The first-order valence-electron chi connectivity index (χ1n) is 10.3. The lowest BCUT2D eigenvalue weighted by atomic mass is 10.0. The number of hydrogen-bond acceptors (Lipinski definition) is 5. The zero-order valence-corrected chi connectivity index (χ0v) is 21.5. The van der Waals surface area contributed by atoms with E-state index in [1.165, 1.54) is 27.8 Å². The molecule has 2 heterocycles. The third kappa shape index (κ3) is 5.44. The van der Waals surface area contributed by atoms with Crippen LogP contribution in [0.2, 0.25) is 10.0 Å². The molecule has 5 nitrogen and oxygen atoms in total. The first kappa shape index (κ1) is 23.8. The van der Waals surface area contributed by atoms with Gasteiger partial charge in [-0.25, -0.2) is 0 Å². The second-order valence-electron chi connectivity index (χ2n) is 7.49. The van der Waals surface area contributed by atoms with Crippen LogP contribution >= 0.6 is 46.3 Å². The van der Waals surface area contributed by atoms with Crippen molar-refractivity contribution in [3.8, 4) is 22.5 Å². The lowest BCUT2D eigenvalue weighted by Gasteiger charge is -2.10. The van der Waals surface area contributed by atoms with Crippen LogP contribution in [-0.4, -0.2) is 26.4 Å². The summed E-state index contributed by atoms with van der Waals surface area (Å²) in [5, 5.41) is 15.5. The summed E-state index contributed by atoms with van der Waals surface area (Å²) in [4.78, 5) is 13.7. The minimum atomic E-state index is -0.169. The Balaban J connectivity index is 1.55. The monoisotopic (exact) mass is 516 g/mol. The highest BCUT2D eigenvalue weighted by atomic mass is 35.5. The number of thiophene rings is 1. The fourth-order valence-electron chi connectivity index (χ4n) is 3.53. The van der Waals surface area contributed by atoms with Gasteiger partial charge in [-0.3, -0.25) is 4.79 Å². The highest BCUT2D eigenvalue weighted by molar-refractivity contribution is 7.99. The highest BCUT2D eigenvalue weighted by Crippen LogP contribution is 2.39. The molecule has 4 aromatic rings. The Bertz CT molecular complexity index is 1280. The van der Waals surface area contributed by atoms with Crippen molar-refractivity contribution in [2.75, 3.05) is 11.1 Å². The van der Waals surface area contributed by atoms with Crippen LogP contribution in [0.25, 0.3) is 22.5 Å². The van der Waals surface area contributed by atoms with E-state index >= 15 is 0 Å². The van der Waals surface area contributed by atoms with Gasteiger partial charge >= 0.3 is 0 Å². The van der Waals surface area contributed by atoms with Crippen molar-refractivity contribution in [2.24, 2.45) is 0 Å². The van der Waals surface area contributed by atoms with E-state index in [1.54, 1.807) is 29.5 Å². The molecule has 1 amide bonds. The number of hydrogen-bond donors (Lipinski definition) is 1. The standard InChI is InChI=1S/C24H22Cl2N4OS2/c1-4-30-23(20-12-32-15(3)22(20)16-7-5-14(2)6-8-16)28-29-24(30)33-13-21(31)27-19-10-17(25)9-18(26)11-19/h5-12H,4,13H2,1-3H3,(H,27,31). The van der Waals surface area contributed by atoms with Gasteiger partial charge in [0.2, 0.25) is 5.91 Å². The number of halogens is 2. The Kier molecular flexibility index (Phi) is 7.44. The van der Waals surface area contributed by atoms with Crippen molar-refractivity contribution in [3.05, 3.63) is 68.3 Å². The van der Waals surface area contributed by atoms with Gasteiger partial charge < -0.3 is 9.88 Å². The Morgan fingerprint density at radius 3 is 2.45 bits per heavy atom. The Morgan fingerprint density at radius 1 is 1.09 bits per heavy atom. The summed E-state index contributed by atoms with van der Waals surface area (Å²) >= 11 is 15.1. The average molecular weight is 518 g/mol. The number of nitrogens with one attached hydrogen (secondary N) is 1. The molecule has 0 spiro atoms. The highest BCUT2D eigenvalue weighted by Gasteiger charge is 2.20. The summed E-state index contributed by atoms with van der Waals surface area (Å²) in [7, 11) is 0. The molecule has 33 heavy (non-hydrogen) atoms. The van der Waals surface area contributed by atoms with Gasteiger partial charge in [0, 0.05) is 43.7 Å². The summed E-state index contributed by atoms with van der Waals surface area (Å²) in [6.45, 7) is 6.95. The second kappa shape index (κ2) is 10.3. The lowest BCUT2D eigenvalue weighted by molar-refractivity contribution is -0.113. The minimum absolute atomic E-state index is 0.169. The summed E-state index contributed by atoms with van der Waals surface area (Å²) < 4.78 is 2.05. The molecule has 0 saturated carbocycles. The van der Waals surface area contributed by atoms with Gasteiger partial charge in [-0.2, -0.15) is 0 Å². The van der Waals surface area contributed by atoms with Gasteiger partial charge in [-0.1, -0.05) is 64.8 Å². The number of nitrogens with zero attached hydrogens (tertiary/aromatic N) is 3. The predicted octanol–water partition coefficient (Wildman–Crippen LogP) is 7.35. The molecule has 0 aliphatic carbocycles. The van der Waals surface area contributed by atoms with Crippen molar-refractivity contribution in [3.63, 3.8) is 0 Å². The van der Waals surface area contributed by atoms with Crippen LogP contribution in [0.15, 0.2) is 53.0 Å². The maximum atomic E-state index is 12.5. The number of thioether (sulfide) groups is 1. The van der Waals surface area contributed by atoms with Gasteiger partial charge in [-0.15, -0.1) is 21.5 Å². The quantitative estimate of drug-likeness (QED) is 0.261. The molecule has 2 aromatic carbocycles. The van der Waals surface area contributed by atoms with Gasteiger partial charge in [0.1, 0.15) is 0 Å². The normalized spacial score (nSPS) is 11.1. The largest absolute Gasteiger partial charge is 0.325 e. The second-order valence-corrected chi connectivity index (χ2v) is 10.4. The van der Waals surface area contributed by atoms with Crippen LogP contribution in [0.3, 0.4) is 0 Å². The van der Waals surface area contributed by atoms with E-state index < -0.39 is 0 Å². The van der Waals surface area contributed by atoms with Crippen molar-refractivity contribution < 1.29 is 4.79 Å². The number of aromatic nitrogens is 3. The minimum Gasteiger partial charge on any atom is -0.325 e. The van der Waals surface area contributed by atoms with E-state index in [4.69, 9.17) is 23.2 Å². The molecule has 0 saturated heterocycles. The zero-order valence-electron chi connectivity index (χ0n) is 18.4. The number of rotatable bonds is 7. The number of benzene rings is 2. The number of anilines is 1. The molecule has 0 bridgehead atoms. The number of amides is 1. The first-order valence-corrected chi connectivity index (χ1v) is 12.9. The van der Waals surface area contributed by atoms with Crippen LogP contribution in [0, 0.1) is 13.8 Å². The van der Waals surface area contributed by atoms with Crippen LogP contribution in [0.5, 0.6) is 0 Å². The Hall–Kier alpha value is -2.32. The fraction of sp³-hybridized carbons (Fsp3) is 0.208. The zero-order chi connectivity index (χ0) is 23.5. The van der Waals surface area contributed by atoms with E-state index in [9.17, 15) is 4.79 Å². The average Bonchev–Trinajstić information content (AvgIpc) is 3.34.